The number of aliphatic hydroxyl groups excluding tert-OH is 1. The molecule has 0 heterocycles. The number of unbranched alkanes of at least 4 members (excludes halogenated alkanes) is 10. The van der Waals surface area contributed by atoms with Gasteiger partial charge in [-0.05, 0) is 18.2 Å². The van der Waals surface area contributed by atoms with Crippen molar-refractivity contribution < 1.29 is 28.9 Å². The molecule has 0 amide bonds. The lowest BCUT2D eigenvalue weighted by molar-refractivity contribution is -0.153. The standard InChI is InChI=1S/C17H35O6PS/c1-2-3-4-5-6-7-8-9-10-11-12-13-17(19)23-16(14-18)15-22-24(20,21)25/h16,18H,2-15H2,1H3,(H2,20,21,25). The van der Waals surface area contributed by atoms with Gasteiger partial charge >= 0.3 is 12.7 Å². The van der Waals surface area contributed by atoms with Gasteiger partial charge in [-0.1, -0.05) is 71.1 Å². The summed E-state index contributed by atoms with van der Waals surface area (Å²) >= 11 is 4.30. The molecule has 0 radical (unpaired) electrons. The summed E-state index contributed by atoms with van der Waals surface area (Å²) in [7, 11) is 0. The molecule has 0 aromatic rings. The summed E-state index contributed by atoms with van der Waals surface area (Å²) in [6.45, 7) is -2.33. The first-order valence-electron chi connectivity index (χ1n) is 9.39. The topological polar surface area (TPSA) is 96.2 Å². The predicted molar refractivity (Wildman–Crippen MR) is 103 cm³/mol. The van der Waals surface area contributed by atoms with E-state index in [2.05, 4.69) is 23.3 Å². The number of hydrogen-bond acceptors (Lipinski definition) is 5. The van der Waals surface area contributed by atoms with E-state index < -0.39 is 25.4 Å². The van der Waals surface area contributed by atoms with Crippen LogP contribution in [0.1, 0.15) is 84.0 Å². The average Bonchev–Trinajstić information content (AvgIpc) is 2.55. The van der Waals surface area contributed by atoms with Gasteiger partial charge in [0, 0.05) is 6.42 Å². The van der Waals surface area contributed by atoms with E-state index in [0.29, 0.717) is 6.42 Å². The number of carbonyl (C=O) groups excluding carboxylic acids is 1. The van der Waals surface area contributed by atoms with E-state index in [0.717, 1.165) is 19.3 Å². The summed E-state index contributed by atoms with van der Waals surface area (Å²) in [5, 5.41) is 9.09. The van der Waals surface area contributed by atoms with Crippen LogP contribution in [0.25, 0.3) is 0 Å². The predicted octanol–water partition coefficient (Wildman–Crippen LogP) is 3.82. The van der Waals surface area contributed by atoms with Crippen molar-refractivity contribution in [3.05, 3.63) is 0 Å². The Morgan fingerprint density at radius 2 is 1.44 bits per heavy atom. The lowest BCUT2D eigenvalue weighted by Gasteiger charge is -2.17. The Hall–Kier alpha value is -0.0400. The van der Waals surface area contributed by atoms with E-state index in [4.69, 9.17) is 19.6 Å². The fraction of sp³-hybridized carbons (Fsp3) is 0.941. The number of rotatable bonds is 17. The second kappa shape index (κ2) is 16.2. The Morgan fingerprint density at radius 1 is 0.960 bits per heavy atom. The highest BCUT2D eigenvalue weighted by molar-refractivity contribution is 8.06. The molecular weight excluding hydrogens is 363 g/mol. The lowest BCUT2D eigenvalue weighted by Crippen LogP contribution is -2.26. The Balaban J connectivity index is 3.52. The van der Waals surface area contributed by atoms with Crippen molar-refractivity contribution in [3.63, 3.8) is 0 Å². The molecule has 0 aromatic carbocycles. The van der Waals surface area contributed by atoms with E-state index >= 15 is 0 Å². The van der Waals surface area contributed by atoms with Crippen LogP contribution >= 0.6 is 6.72 Å². The van der Waals surface area contributed by atoms with E-state index in [1.165, 1.54) is 51.4 Å². The molecule has 0 bridgehead atoms. The first-order valence-corrected chi connectivity index (χ1v) is 12.0. The molecule has 1 unspecified atom stereocenters. The van der Waals surface area contributed by atoms with Crippen molar-refractivity contribution in [1.82, 2.24) is 0 Å². The van der Waals surface area contributed by atoms with Crippen LogP contribution in [-0.2, 0) is 25.9 Å². The van der Waals surface area contributed by atoms with Crippen LogP contribution in [-0.4, -0.2) is 40.2 Å². The second-order valence-corrected chi connectivity index (χ2v) is 9.03. The molecule has 0 saturated carbocycles. The van der Waals surface area contributed by atoms with Crippen LogP contribution in [0.2, 0.25) is 0 Å². The molecule has 25 heavy (non-hydrogen) atoms. The summed E-state index contributed by atoms with van der Waals surface area (Å²) in [6.07, 6.45) is 12.6. The molecular formula is C17H35O6PS. The van der Waals surface area contributed by atoms with Crippen molar-refractivity contribution in [3.8, 4) is 0 Å². The van der Waals surface area contributed by atoms with E-state index in [9.17, 15) is 4.79 Å². The van der Waals surface area contributed by atoms with Gasteiger partial charge in [-0.2, -0.15) is 0 Å². The third-order valence-electron chi connectivity index (χ3n) is 3.91. The minimum absolute atomic E-state index is 0.292. The second-order valence-electron chi connectivity index (χ2n) is 6.37. The number of carbonyl (C=O) groups is 1. The van der Waals surface area contributed by atoms with Gasteiger partial charge in [0.1, 0.15) is 6.10 Å². The van der Waals surface area contributed by atoms with E-state index in [-0.39, 0.29) is 6.61 Å². The van der Waals surface area contributed by atoms with Crippen LogP contribution in [0, 0.1) is 0 Å². The SMILES string of the molecule is CCCCCCCCCCCCCC(=O)OC(CO)COP(O)(O)=S. The van der Waals surface area contributed by atoms with Crippen molar-refractivity contribution in [2.45, 2.75) is 90.1 Å². The first kappa shape index (κ1) is 25.0. The number of esters is 1. The Kier molecular flexibility index (Phi) is 16.1. The normalized spacial score (nSPS) is 13.0. The van der Waals surface area contributed by atoms with Crippen molar-refractivity contribution in [1.29, 1.82) is 0 Å². The van der Waals surface area contributed by atoms with Gasteiger partial charge in [0.15, 0.2) is 0 Å². The highest BCUT2D eigenvalue weighted by Gasteiger charge is 2.17. The first-order chi connectivity index (χ1) is 11.9. The van der Waals surface area contributed by atoms with Crippen molar-refractivity contribution >= 4 is 24.5 Å². The van der Waals surface area contributed by atoms with Crippen LogP contribution in [0.3, 0.4) is 0 Å². The molecule has 0 saturated heterocycles. The van der Waals surface area contributed by atoms with Gasteiger partial charge in [0.05, 0.1) is 13.2 Å². The van der Waals surface area contributed by atoms with Crippen LogP contribution in [0.5, 0.6) is 0 Å². The Labute approximate surface area is 157 Å². The summed E-state index contributed by atoms with van der Waals surface area (Å²) in [4.78, 5) is 29.6. The number of hydrogen-bond donors (Lipinski definition) is 3. The highest BCUT2D eigenvalue weighted by Crippen LogP contribution is 2.36. The molecule has 0 fully saturated rings. The van der Waals surface area contributed by atoms with E-state index in [1.807, 2.05) is 0 Å². The number of aliphatic hydroxyl groups is 1. The Bertz CT molecular complexity index is 374. The number of ether oxygens (including phenoxy) is 1. The van der Waals surface area contributed by atoms with Crippen LogP contribution < -0.4 is 0 Å². The van der Waals surface area contributed by atoms with Crippen LogP contribution in [0.15, 0.2) is 0 Å². The van der Waals surface area contributed by atoms with Gasteiger partial charge < -0.3 is 24.2 Å². The van der Waals surface area contributed by atoms with Gasteiger partial charge in [-0.15, -0.1) is 0 Å². The largest absolute Gasteiger partial charge is 0.457 e. The van der Waals surface area contributed by atoms with Gasteiger partial charge in [-0.3, -0.25) is 4.79 Å². The van der Waals surface area contributed by atoms with Gasteiger partial charge in [0.2, 0.25) is 0 Å². The summed E-state index contributed by atoms with van der Waals surface area (Å²) in [5.74, 6) is -0.414. The maximum atomic E-state index is 11.7. The molecule has 0 rings (SSSR count). The molecule has 8 heteroatoms. The smallest absolute Gasteiger partial charge is 0.322 e. The maximum Gasteiger partial charge on any atom is 0.322 e. The maximum absolute atomic E-state index is 11.7. The Morgan fingerprint density at radius 3 is 1.88 bits per heavy atom. The lowest BCUT2D eigenvalue weighted by atomic mass is 10.1. The monoisotopic (exact) mass is 398 g/mol. The average molecular weight is 399 g/mol. The van der Waals surface area contributed by atoms with Crippen molar-refractivity contribution in [2.75, 3.05) is 13.2 Å². The van der Waals surface area contributed by atoms with Gasteiger partial charge in [0.25, 0.3) is 0 Å². The fourth-order valence-corrected chi connectivity index (χ4v) is 3.03. The van der Waals surface area contributed by atoms with Crippen LogP contribution in [0.4, 0.5) is 0 Å². The third kappa shape index (κ3) is 18.5. The van der Waals surface area contributed by atoms with Gasteiger partial charge in [-0.25, -0.2) is 0 Å². The molecule has 0 aliphatic rings. The zero-order valence-electron chi connectivity index (χ0n) is 15.4. The summed E-state index contributed by atoms with van der Waals surface area (Å²) in [6, 6.07) is 0. The van der Waals surface area contributed by atoms with E-state index in [1.54, 1.807) is 0 Å². The zero-order valence-corrected chi connectivity index (χ0v) is 17.1. The molecule has 6 nitrogen and oxygen atoms in total. The molecule has 1 atom stereocenters. The molecule has 150 valence electrons. The summed E-state index contributed by atoms with van der Waals surface area (Å²) < 4.78 is 9.62. The highest BCUT2D eigenvalue weighted by atomic mass is 32.5. The quantitative estimate of drug-likeness (QED) is 0.195. The molecule has 3 N–H and O–H groups in total. The molecule has 0 aromatic heterocycles. The molecule has 0 aliphatic carbocycles. The third-order valence-corrected chi connectivity index (χ3v) is 4.72. The molecule has 0 aliphatic heterocycles. The fourth-order valence-electron chi connectivity index (χ4n) is 2.48. The molecule has 0 spiro atoms. The zero-order chi connectivity index (χ0) is 19.0. The van der Waals surface area contributed by atoms with Crippen molar-refractivity contribution in [2.24, 2.45) is 0 Å². The summed E-state index contributed by atoms with van der Waals surface area (Å²) in [5.41, 5.74) is 0. The minimum Gasteiger partial charge on any atom is -0.457 e. The minimum atomic E-state index is -3.79.